The second-order valence-electron chi connectivity index (χ2n) is 4.46. The van der Waals surface area contributed by atoms with Crippen molar-refractivity contribution in [2.24, 2.45) is 0 Å². The van der Waals surface area contributed by atoms with Gasteiger partial charge in [0.25, 0.3) is 0 Å². The van der Waals surface area contributed by atoms with Crippen LogP contribution in [-0.2, 0) is 9.53 Å². The van der Waals surface area contributed by atoms with Gasteiger partial charge in [0.05, 0.1) is 27.7 Å². The van der Waals surface area contributed by atoms with Crippen LogP contribution in [0.4, 0.5) is 0 Å². The van der Waals surface area contributed by atoms with Crippen LogP contribution in [0.15, 0.2) is 12.2 Å². The standard InChI is InChI=1S/C10H20NO3/c1-8(2)10(13)14-9(7-12)6-11(3,4)5/h9,12H,1,6-7H2,2-5H3/q+1. The van der Waals surface area contributed by atoms with Gasteiger partial charge in [0.2, 0.25) is 0 Å². The Morgan fingerprint density at radius 3 is 2.29 bits per heavy atom. The van der Waals surface area contributed by atoms with Crippen LogP contribution in [-0.4, -0.2) is 56.0 Å². The number of quaternary nitrogens is 1. The summed E-state index contributed by atoms with van der Waals surface area (Å²) in [6.07, 6.45) is -0.459. The van der Waals surface area contributed by atoms with Crippen LogP contribution in [0.5, 0.6) is 0 Å². The lowest BCUT2D eigenvalue weighted by Crippen LogP contribution is -2.44. The van der Waals surface area contributed by atoms with Crippen molar-refractivity contribution in [3.8, 4) is 0 Å². The molecular formula is C10H20NO3+. The Kier molecular flexibility index (Phi) is 4.80. The van der Waals surface area contributed by atoms with Crippen LogP contribution in [0, 0.1) is 0 Å². The number of carbonyl (C=O) groups is 1. The number of esters is 1. The minimum Gasteiger partial charge on any atom is -0.451 e. The molecule has 4 heteroatoms. The Hall–Kier alpha value is -0.870. The van der Waals surface area contributed by atoms with E-state index >= 15 is 0 Å². The third kappa shape index (κ3) is 5.72. The quantitative estimate of drug-likeness (QED) is 0.393. The zero-order valence-corrected chi connectivity index (χ0v) is 9.41. The number of aliphatic hydroxyl groups is 1. The molecule has 82 valence electrons. The fourth-order valence-corrected chi connectivity index (χ4v) is 0.995. The van der Waals surface area contributed by atoms with Crippen LogP contribution in [0.2, 0.25) is 0 Å². The van der Waals surface area contributed by atoms with Gasteiger partial charge in [-0.3, -0.25) is 0 Å². The molecular weight excluding hydrogens is 182 g/mol. The molecule has 0 aliphatic carbocycles. The topological polar surface area (TPSA) is 46.5 Å². The maximum atomic E-state index is 11.2. The van der Waals surface area contributed by atoms with Crippen LogP contribution < -0.4 is 0 Å². The van der Waals surface area contributed by atoms with Crippen molar-refractivity contribution >= 4 is 5.97 Å². The van der Waals surface area contributed by atoms with E-state index < -0.39 is 12.1 Å². The highest BCUT2D eigenvalue weighted by Crippen LogP contribution is 2.02. The molecule has 14 heavy (non-hydrogen) atoms. The highest BCUT2D eigenvalue weighted by molar-refractivity contribution is 5.87. The molecule has 0 heterocycles. The molecule has 0 saturated heterocycles. The second-order valence-corrected chi connectivity index (χ2v) is 4.46. The van der Waals surface area contributed by atoms with Gasteiger partial charge in [-0.2, -0.15) is 0 Å². The third-order valence-electron chi connectivity index (χ3n) is 1.58. The number of hydrogen-bond acceptors (Lipinski definition) is 3. The van der Waals surface area contributed by atoms with Gasteiger partial charge < -0.3 is 14.3 Å². The summed E-state index contributed by atoms with van der Waals surface area (Å²) in [5.74, 6) is -0.447. The molecule has 0 radical (unpaired) electrons. The number of nitrogens with zero attached hydrogens (tertiary/aromatic N) is 1. The van der Waals surface area contributed by atoms with E-state index in [1.54, 1.807) is 6.92 Å². The first kappa shape index (κ1) is 13.1. The first-order valence-electron chi connectivity index (χ1n) is 4.54. The summed E-state index contributed by atoms with van der Waals surface area (Å²) >= 11 is 0. The van der Waals surface area contributed by atoms with Crippen LogP contribution in [0.3, 0.4) is 0 Å². The van der Waals surface area contributed by atoms with E-state index in [0.717, 1.165) is 0 Å². The number of likely N-dealkylation sites (N-methyl/N-ethyl adjacent to an activating group) is 1. The summed E-state index contributed by atoms with van der Waals surface area (Å²) in [4.78, 5) is 11.2. The van der Waals surface area contributed by atoms with Crippen molar-refractivity contribution in [2.45, 2.75) is 13.0 Å². The largest absolute Gasteiger partial charge is 0.451 e. The molecule has 0 saturated carbocycles. The van der Waals surface area contributed by atoms with Gasteiger partial charge in [-0.15, -0.1) is 0 Å². The lowest BCUT2D eigenvalue weighted by molar-refractivity contribution is -0.873. The molecule has 0 aromatic carbocycles. The first-order valence-corrected chi connectivity index (χ1v) is 4.54. The van der Waals surface area contributed by atoms with Gasteiger partial charge in [0.15, 0.2) is 6.10 Å². The van der Waals surface area contributed by atoms with Crippen molar-refractivity contribution in [1.29, 1.82) is 0 Å². The van der Waals surface area contributed by atoms with E-state index in [4.69, 9.17) is 9.84 Å². The van der Waals surface area contributed by atoms with Crippen LogP contribution in [0.1, 0.15) is 6.92 Å². The van der Waals surface area contributed by atoms with E-state index in [-0.39, 0.29) is 6.61 Å². The second kappa shape index (κ2) is 5.12. The Morgan fingerprint density at radius 2 is 2.00 bits per heavy atom. The molecule has 0 aromatic heterocycles. The lowest BCUT2D eigenvalue weighted by atomic mass is 10.3. The van der Waals surface area contributed by atoms with E-state index in [1.807, 2.05) is 21.1 Å². The fourth-order valence-electron chi connectivity index (χ4n) is 0.995. The van der Waals surface area contributed by atoms with E-state index in [9.17, 15) is 4.79 Å². The summed E-state index contributed by atoms with van der Waals surface area (Å²) in [5, 5.41) is 9.00. The Bertz CT molecular complexity index is 218. The SMILES string of the molecule is C=C(C)C(=O)OC(CO)C[N+](C)(C)C. The summed E-state index contributed by atoms with van der Waals surface area (Å²) < 4.78 is 5.67. The van der Waals surface area contributed by atoms with Gasteiger partial charge in [-0.1, -0.05) is 6.58 Å². The van der Waals surface area contributed by atoms with Gasteiger partial charge in [-0.25, -0.2) is 4.79 Å². The van der Waals surface area contributed by atoms with Crippen molar-refractivity contribution in [3.63, 3.8) is 0 Å². The molecule has 0 aromatic rings. The molecule has 0 aliphatic heterocycles. The third-order valence-corrected chi connectivity index (χ3v) is 1.58. The van der Waals surface area contributed by atoms with Crippen molar-refractivity contribution in [1.82, 2.24) is 0 Å². The molecule has 4 nitrogen and oxygen atoms in total. The first-order chi connectivity index (χ1) is 6.26. The van der Waals surface area contributed by atoms with E-state index in [0.29, 0.717) is 16.6 Å². The maximum absolute atomic E-state index is 11.2. The van der Waals surface area contributed by atoms with E-state index in [1.165, 1.54) is 0 Å². The summed E-state index contributed by atoms with van der Waals surface area (Å²) in [6, 6.07) is 0. The molecule has 0 bridgehead atoms. The lowest BCUT2D eigenvalue weighted by Gasteiger charge is -2.28. The van der Waals surface area contributed by atoms with Crippen LogP contribution >= 0.6 is 0 Å². The Balaban J connectivity index is 4.17. The van der Waals surface area contributed by atoms with Crippen molar-refractivity contribution in [2.75, 3.05) is 34.3 Å². The molecule has 1 N–H and O–H groups in total. The van der Waals surface area contributed by atoms with Gasteiger partial charge >= 0.3 is 5.97 Å². The molecule has 0 amide bonds. The number of ether oxygens (including phenoxy) is 1. The number of hydrogen-bond donors (Lipinski definition) is 1. The summed E-state index contributed by atoms with van der Waals surface area (Å²) in [6.45, 7) is 5.48. The molecule has 0 fully saturated rings. The zero-order valence-electron chi connectivity index (χ0n) is 9.41. The highest BCUT2D eigenvalue weighted by Gasteiger charge is 2.21. The molecule has 0 spiro atoms. The average Bonchev–Trinajstić information content (AvgIpc) is 2.00. The number of carbonyl (C=O) groups excluding carboxylic acids is 1. The monoisotopic (exact) mass is 202 g/mol. The normalized spacial score (nSPS) is 13.5. The Morgan fingerprint density at radius 1 is 1.50 bits per heavy atom. The maximum Gasteiger partial charge on any atom is 0.333 e. The van der Waals surface area contributed by atoms with E-state index in [2.05, 4.69) is 6.58 Å². The van der Waals surface area contributed by atoms with Gasteiger partial charge in [0, 0.05) is 5.57 Å². The predicted octanol–water partition coefficient (Wildman–Crippen LogP) is 0.173. The highest BCUT2D eigenvalue weighted by atomic mass is 16.6. The van der Waals surface area contributed by atoms with Crippen molar-refractivity contribution in [3.05, 3.63) is 12.2 Å². The average molecular weight is 202 g/mol. The molecule has 0 rings (SSSR count). The number of aliphatic hydroxyl groups excluding tert-OH is 1. The fraction of sp³-hybridized carbons (Fsp3) is 0.700. The minimum atomic E-state index is -0.459. The summed E-state index contributed by atoms with van der Waals surface area (Å²) in [7, 11) is 5.91. The molecule has 1 atom stereocenters. The predicted molar refractivity (Wildman–Crippen MR) is 54.7 cm³/mol. The minimum absolute atomic E-state index is 0.158. The smallest absolute Gasteiger partial charge is 0.333 e. The Labute approximate surface area is 85.4 Å². The van der Waals surface area contributed by atoms with Gasteiger partial charge in [-0.05, 0) is 6.92 Å². The summed E-state index contributed by atoms with van der Waals surface area (Å²) in [5.41, 5.74) is 0.352. The van der Waals surface area contributed by atoms with Crippen LogP contribution in [0.25, 0.3) is 0 Å². The van der Waals surface area contributed by atoms with Gasteiger partial charge in [0.1, 0.15) is 6.54 Å². The molecule has 1 unspecified atom stereocenters. The number of rotatable bonds is 5. The zero-order chi connectivity index (χ0) is 11.4. The molecule has 0 aliphatic rings. The van der Waals surface area contributed by atoms with Crippen molar-refractivity contribution < 1.29 is 19.1 Å².